The summed E-state index contributed by atoms with van der Waals surface area (Å²) in [5.74, 6) is 0.578. The fourth-order valence-corrected chi connectivity index (χ4v) is 3.28. The van der Waals surface area contributed by atoms with E-state index in [2.05, 4.69) is 15.0 Å². The summed E-state index contributed by atoms with van der Waals surface area (Å²) in [4.78, 5) is 12.7. The van der Waals surface area contributed by atoms with Crippen molar-refractivity contribution in [2.75, 3.05) is 6.26 Å². The van der Waals surface area contributed by atoms with Crippen LogP contribution < -0.4 is 0 Å². The summed E-state index contributed by atoms with van der Waals surface area (Å²) in [6, 6.07) is 0. The van der Waals surface area contributed by atoms with Crippen LogP contribution >= 0.6 is 11.3 Å². The monoisotopic (exact) mass is 239 g/mol. The van der Waals surface area contributed by atoms with E-state index in [1.165, 1.54) is 24.2 Å². The van der Waals surface area contributed by atoms with Gasteiger partial charge in [0.2, 0.25) is 0 Å². The molecule has 1 atom stereocenters. The van der Waals surface area contributed by atoms with Crippen molar-refractivity contribution in [1.29, 1.82) is 0 Å². The van der Waals surface area contributed by atoms with E-state index in [0.717, 1.165) is 10.4 Å². The lowest BCUT2D eigenvalue weighted by Gasteiger charge is -1.95. The normalized spacial score (nSPS) is 18.2. The molecule has 1 saturated carbocycles. The first-order valence-corrected chi connectivity index (χ1v) is 7.08. The molecule has 0 bridgehead atoms. The first kappa shape index (κ1) is 9.35. The zero-order valence-corrected chi connectivity index (χ0v) is 9.77. The molecule has 0 spiro atoms. The fraction of sp³-hybridized carbons (Fsp3) is 0.444. The molecule has 2 aromatic rings. The van der Waals surface area contributed by atoms with E-state index in [9.17, 15) is 4.21 Å². The van der Waals surface area contributed by atoms with Gasteiger partial charge in [-0.2, -0.15) is 0 Å². The van der Waals surface area contributed by atoms with E-state index in [4.69, 9.17) is 0 Å². The molecule has 3 rings (SSSR count). The Kier molecular flexibility index (Phi) is 2.07. The molecule has 0 saturated heterocycles. The smallest absolute Gasteiger partial charge is 0.183 e. The highest BCUT2D eigenvalue weighted by molar-refractivity contribution is 7.86. The van der Waals surface area contributed by atoms with Crippen molar-refractivity contribution in [3.05, 3.63) is 12.0 Å². The summed E-state index contributed by atoms with van der Waals surface area (Å²) in [5, 5.41) is 0. The van der Waals surface area contributed by atoms with Gasteiger partial charge in [-0.1, -0.05) is 0 Å². The molecule has 0 N–H and O–H groups in total. The van der Waals surface area contributed by atoms with Crippen molar-refractivity contribution in [3.63, 3.8) is 0 Å². The van der Waals surface area contributed by atoms with Crippen molar-refractivity contribution in [3.8, 4) is 0 Å². The van der Waals surface area contributed by atoms with Crippen LogP contribution in [0.4, 0.5) is 0 Å². The lowest BCUT2D eigenvalue weighted by atomic mass is 10.3. The van der Waals surface area contributed by atoms with Crippen molar-refractivity contribution >= 4 is 32.5 Å². The fourth-order valence-electron chi connectivity index (χ4n) is 1.52. The Labute approximate surface area is 93.2 Å². The molecule has 0 radical (unpaired) electrons. The molecule has 2 heterocycles. The molecule has 1 aliphatic carbocycles. The van der Waals surface area contributed by atoms with Crippen LogP contribution in [-0.2, 0) is 10.8 Å². The van der Waals surface area contributed by atoms with Crippen LogP contribution in [0.3, 0.4) is 0 Å². The molecule has 6 heteroatoms. The third kappa shape index (κ3) is 1.57. The lowest BCUT2D eigenvalue weighted by molar-refractivity contribution is 0.686. The molecule has 0 aliphatic heterocycles. The molecule has 78 valence electrons. The van der Waals surface area contributed by atoms with E-state index in [0.29, 0.717) is 15.9 Å². The molecule has 0 amide bonds. The Morgan fingerprint density at radius 1 is 1.47 bits per heavy atom. The van der Waals surface area contributed by atoms with Crippen LogP contribution in [0.2, 0.25) is 0 Å². The first-order valence-electron chi connectivity index (χ1n) is 4.70. The number of aromatic nitrogens is 3. The number of hydrogen-bond acceptors (Lipinski definition) is 5. The van der Waals surface area contributed by atoms with Crippen molar-refractivity contribution in [2.24, 2.45) is 0 Å². The van der Waals surface area contributed by atoms with Crippen molar-refractivity contribution in [1.82, 2.24) is 15.0 Å². The van der Waals surface area contributed by atoms with E-state index in [1.807, 2.05) is 0 Å². The number of rotatable bonds is 2. The highest BCUT2D eigenvalue weighted by Crippen LogP contribution is 2.42. The number of fused-ring (bicyclic) bond motifs is 1. The van der Waals surface area contributed by atoms with Gasteiger partial charge < -0.3 is 0 Å². The topological polar surface area (TPSA) is 55.7 Å². The number of nitrogens with zero attached hydrogens (tertiary/aromatic N) is 3. The Morgan fingerprint density at radius 2 is 2.27 bits per heavy atom. The van der Waals surface area contributed by atoms with Gasteiger partial charge in [-0.05, 0) is 12.8 Å². The van der Waals surface area contributed by atoms with Crippen molar-refractivity contribution in [2.45, 2.75) is 23.1 Å². The minimum atomic E-state index is -1.02. The minimum Gasteiger partial charge on any atom is -0.252 e. The van der Waals surface area contributed by atoms with Gasteiger partial charge in [0.05, 0.1) is 21.2 Å². The zero-order valence-electron chi connectivity index (χ0n) is 8.14. The second-order valence-electron chi connectivity index (χ2n) is 3.62. The molecule has 15 heavy (non-hydrogen) atoms. The van der Waals surface area contributed by atoms with Crippen molar-refractivity contribution < 1.29 is 4.21 Å². The summed E-state index contributed by atoms with van der Waals surface area (Å²) in [6.07, 6.45) is 5.60. The van der Waals surface area contributed by atoms with Crippen LogP contribution in [0.25, 0.3) is 10.3 Å². The summed E-state index contributed by atoms with van der Waals surface area (Å²) in [5.41, 5.74) is 1.79. The molecule has 2 aromatic heterocycles. The standard InChI is InChI=1S/C9H9N3OS2/c1-15(13)9-12-8-7(14-9)6(5-2-3-5)10-4-11-8/h4-5H,2-3H2,1H3. The number of hydrogen-bond donors (Lipinski definition) is 0. The van der Waals surface area contributed by atoms with Gasteiger partial charge in [0.1, 0.15) is 6.33 Å². The SMILES string of the molecule is CS(=O)c1nc2ncnc(C3CC3)c2s1. The maximum absolute atomic E-state index is 11.3. The van der Waals surface area contributed by atoms with E-state index in [-0.39, 0.29) is 0 Å². The molecular weight excluding hydrogens is 230 g/mol. The van der Waals surface area contributed by atoms with E-state index >= 15 is 0 Å². The number of thiazole rings is 1. The second-order valence-corrected chi connectivity index (χ2v) is 6.17. The van der Waals surface area contributed by atoms with Gasteiger partial charge in [-0.3, -0.25) is 4.21 Å². The minimum absolute atomic E-state index is 0.578. The zero-order chi connectivity index (χ0) is 10.4. The quantitative estimate of drug-likeness (QED) is 0.800. The molecule has 1 fully saturated rings. The van der Waals surface area contributed by atoms with E-state index in [1.54, 1.807) is 12.6 Å². The van der Waals surface area contributed by atoms with Gasteiger partial charge in [-0.15, -0.1) is 11.3 Å². The summed E-state index contributed by atoms with van der Waals surface area (Å²) < 4.78 is 13.0. The average Bonchev–Trinajstić information content (AvgIpc) is 2.95. The maximum atomic E-state index is 11.3. The van der Waals surface area contributed by atoms with Gasteiger partial charge in [0, 0.05) is 12.2 Å². The van der Waals surface area contributed by atoms with Gasteiger partial charge in [0.25, 0.3) is 0 Å². The molecule has 1 aliphatic rings. The van der Waals surface area contributed by atoms with Crippen LogP contribution in [-0.4, -0.2) is 25.4 Å². The Bertz CT molecular complexity index is 547. The van der Waals surface area contributed by atoms with E-state index < -0.39 is 10.8 Å². The van der Waals surface area contributed by atoms with Crippen LogP contribution in [0.15, 0.2) is 10.7 Å². The van der Waals surface area contributed by atoms with Crippen LogP contribution in [0.5, 0.6) is 0 Å². The Hall–Kier alpha value is -0.880. The summed E-state index contributed by atoms with van der Waals surface area (Å²) in [7, 11) is -1.02. The molecular formula is C9H9N3OS2. The summed E-state index contributed by atoms with van der Waals surface area (Å²) in [6.45, 7) is 0. The predicted octanol–water partition coefficient (Wildman–Crippen LogP) is 1.70. The maximum Gasteiger partial charge on any atom is 0.183 e. The third-order valence-electron chi connectivity index (χ3n) is 2.41. The lowest BCUT2D eigenvalue weighted by Crippen LogP contribution is -1.88. The Balaban J connectivity index is 2.24. The van der Waals surface area contributed by atoms with Crippen LogP contribution in [0, 0.1) is 0 Å². The first-order chi connectivity index (χ1) is 7.25. The van der Waals surface area contributed by atoms with Gasteiger partial charge in [-0.25, -0.2) is 15.0 Å². The average molecular weight is 239 g/mol. The second kappa shape index (κ2) is 3.31. The van der Waals surface area contributed by atoms with Gasteiger partial charge >= 0.3 is 0 Å². The van der Waals surface area contributed by atoms with Crippen LogP contribution in [0.1, 0.15) is 24.5 Å². The largest absolute Gasteiger partial charge is 0.252 e. The predicted molar refractivity (Wildman–Crippen MR) is 59.5 cm³/mol. The molecule has 1 unspecified atom stereocenters. The Morgan fingerprint density at radius 3 is 2.93 bits per heavy atom. The molecule has 4 nitrogen and oxygen atoms in total. The molecule has 0 aromatic carbocycles. The summed E-state index contributed by atoms with van der Waals surface area (Å²) >= 11 is 1.46. The third-order valence-corrected chi connectivity index (χ3v) is 4.81. The highest BCUT2D eigenvalue weighted by atomic mass is 32.2. The van der Waals surface area contributed by atoms with Gasteiger partial charge in [0.15, 0.2) is 9.99 Å². The highest BCUT2D eigenvalue weighted by Gasteiger charge is 2.28.